The third-order valence-electron chi connectivity index (χ3n) is 3.62. The zero-order valence-corrected chi connectivity index (χ0v) is 15.1. The second-order valence-electron chi connectivity index (χ2n) is 5.66. The molecule has 116 valence electrons. The van der Waals surface area contributed by atoms with E-state index in [2.05, 4.69) is 53.6 Å². The van der Waals surface area contributed by atoms with Gasteiger partial charge < -0.3 is 4.74 Å². The fraction of sp³-hybridized carbons (Fsp3) is 0.158. The van der Waals surface area contributed by atoms with E-state index < -0.39 is 5.97 Å². The van der Waals surface area contributed by atoms with E-state index in [1.54, 1.807) is 6.08 Å². The molecule has 0 aliphatic carbocycles. The molecule has 3 rings (SSSR count). The monoisotopic (exact) mass is 417 g/mol. The van der Waals surface area contributed by atoms with E-state index >= 15 is 0 Å². The molecule has 3 nitrogen and oxygen atoms in total. The molecule has 2 aromatic carbocycles. The van der Waals surface area contributed by atoms with Crippen LogP contribution in [-0.4, -0.2) is 11.9 Å². The molecular formula is C19H16INO2. The van der Waals surface area contributed by atoms with Crippen molar-refractivity contribution in [1.82, 2.24) is 0 Å². The van der Waals surface area contributed by atoms with Crippen LogP contribution in [0.25, 0.3) is 6.08 Å². The van der Waals surface area contributed by atoms with Crippen molar-refractivity contribution in [3.05, 3.63) is 74.5 Å². The summed E-state index contributed by atoms with van der Waals surface area (Å²) in [6.07, 6.45) is 1.76. The largest absolute Gasteiger partial charge is 0.402 e. The summed E-state index contributed by atoms with van der Waals surface area (Å²) in [4.78, 5) is 16.3. The van der Waals surface area contributed by atoms with Crippen molar-refractivity contribution < 1.29 is 9.53 Å². The van der Waals surface area contributed by atoms with E-state index in [4.69, 9.17) is 4.74 Å². The molecular weight excluding hydrogens is 401 g/mol. The number of rotatable bonds is 3. The van der Waals surface area contributed by atoms with Gasteiger partial charge in [0, 0.05) is 9.13 Å². The summed E-state index contributed by atoms with van der Waals surface area (Å²) < 4.78 is 6.40. The molecule has 4 heteroatoms. The Kier molecular flexibility index (Phi) is 4.61. The van der Waals surface area contributed by atoms with E-state index in [9.17, 15) is 4.79 Å². The zero-order valence-electron chi connectivity index (χ0n) is 12.9. The summed E-state index contributed by atoms with van der Waals surface area (Å²) in [5, 5.41) is 0. The number of cyclic esters (lactones) is 1. The Morgan fingerprint density at radius 1 is 1.04 bits per heavy atom. The van der Waals surface area contributed by atoms with Gasteiger partial charge in [0.15, 0.2) is 5.70 Å². The Morgan fingerprint density at radius 2 is 1.70 bits per heavy atom. The van der Waals surface area contributed by atoms with Crippen molar-refractivity contribution in [2.24, 2.45) is 4.99 Å². The first-order valence-corrected chi connectivity index (χ1v) is 8.49. The van der Waals surface area contributed by atoms with Crippen LogP contribution in [0.2, 0.25) is 0 Å². The van der Waals surface area contributed by atoms with Crippen molar-refractivity contribution in [3.63, 3.8) is 0 Å². The van der Waals surface area contributed by atoms with E-state index in [-0.39, 0.29) is 0 Å². The molecule has 0 atom stereocenters. The molecule has 0 fully saturated rings. The minimum absolute atomic E-state index is 0.329. The lowest BCUT2D eigenvalue weighted by Crippen LogP contribution is -2.05. The summed E-state index contributed by atoms with van der Waals surface area (Å²) >= 11 is 2.23. The van der Waals surface area contributed by atoms with E-state index in [1.165, 1.54) is 5.56 Å². The van der Waals surface area contributed by atoms with E-state index in [0.717, 1.165) is 14.7 Å². The van der Waals surface area contributed by atoms with Crippen molar-refractivity contribution in [2.45, 2.75) is 19.8 Å². The molecule has 0 unspecified atom stereocenters. The summed E-state index contributed by atoms with van der Waals surface area (Å²) in [6.45, 7) is 4.30. The average molecular weight is 417 g/mol. The third kappa shape index (κ3) is 3.69. The molecule has 0 amide bonds. The minimum Gasteiger partial charge on any atom is -0.402 e. The summed E-state index contributed by atoms with van der Waals surface area (Å²) in [7, 11) is 0. The second-order valence-corrected chi connectivity index (χ2v) is 6.91. The van der Waals surface area contributed by atoms with Crippen LogP contribution >= 0.6 is 22.6 Å². The van der Waals surface area contributed by atoms with Crippen molar-refractivity contribution in [2.75, 3.05) is 0 Å². The van der Waals surface area contributed by atoms with Crippen LogP contribution in [0.3, 0.4) is 0 Å². The van der Waals surface area contributed by atoms with E-state index in [0.29, 0.717) is 17.5 Å². The number of carbonyl (C=O) groups is 1. The molecule has 1 heterocycles. The van der Waals surface area contributed by atoms with Gasteiger partial charge in [-0.05, 0) is 70.0 Å². The molecule has 2 aromatic rings. The van der Waals surface area contributed by atoms with Gasteiger partial charge in [0.1, 0.15) is 0 Å². The number of nitrogens with zero attached hydrogens (tertiary/aromatic N) is 1. The lowest BCUT2D eigenvalue weighted by molar-refractivity contribution is -0.129. The number of benzene rings is 2. The van der Waals surface area contributed by atoms with Gasteiger partial charge in [-0.25, -0.2) is 9.79 Å². The smallest absolute Gasteiger partial charge is 0.363 e. The molecule has 1 aliphatic rings. The van der Waals surface area contributed by atoms with Crippen LogP contribution in [0.5, 0.6) is 0 Å². The maximum absolute atomic E-state index is 12.0. The predicted molar refractivity (Wildman–Crippen MR) is 100 cm³/mol. The van der Waals surface area contributed by atoms with Crippen molar-refractivity contribution in [1.29, 1.82) is 0 Å². The Labute approximate surface area is 149 Å². The molecule has 23 heavy (non-hydrogen) atoms. The number of carbonyl (C=O) groups excluding carboxylic acids is 1. The average Bonchev–Trinajstić information content (AvgIpc) is 2.89. The highest BCUT2D eigenvalue weighted by Gasteiger charge is 2.23. The highest BCUT2D eigenvalue weighted by atomic mass is 127. The molecule has 1 aliphatic heterocycles. The predicted octanol–water partition coefficient (Wildman–Crippen LogP) is 4.76. The normalized spacial score (nSPS) is 15.9. The van der Waals surface area contributed by atoms with Gasteiger partial charge in [0.25, 0.3) is 0 Å². The van der Waals surface area contributed by atoms with Crippen LogP contribution in [-0.2, 0) is 9.53 Å². The Hall–Kier alpha value is -1.95. The van der Waals surface area contributed by atoms with Crippen molar-refractivity contribution >= 4 is 40.5 Å². The Bertz CT molecular complexity index is 787. The lowest BCUT2D eigenvalue weighted by Gasteiger charge is -2.04. The number of hydrogen-bond donors (Lipinski definition) is 0. The SMILES string of the molecule is CC(C)c1ccc(/C=C2/N=C(c3ccc(I)cc3)OC2=O)cc1. The Morgan fingerprint density at radius 3 is 2.30 bits per heavy atom. The number of aliphatic imine (C=N–C) groups is 1. The quantitative estimate of drug-likeness (QED) is 0.411. The molecule has 0 saturated carbocycles. The Balaban J connectivity index is 1.87. The summed E-state index contributed by atoms with van der Waals surface area (Å²) in [5.41, 5.74) is 3.34. The van der Waals surface area contributed by atoms with Crippen LogP contribution in [0.4, 0.5) is 0 Å². The van der Waals surface area contributed by atoms with Gasteiger partial charge in [0.2, 0.25) is 5.90 Å². The highest BCUT2D eigenvalue weighted by Crippen LogP contribution is 2.21. The lowest BCUT2D eigenvalue weighted by atomic mass is 10.0. The van der Waals surface area contributed by atoms with Crippen LogP contribution in [0.1, 0.15) is 36.5 Å². The second kappa shape index (κ2) is 6.66. The summed E-state index contributed by atoms with van der Waals surface area (Å²) in [5.74, 6) is 0.432. The topological polar surface area (TPSA) is 38.7 Å². The maximum atomic E-state index is 12.0. The zero-order chi connectivity index (χ0) is 16.4. The maximum Gasteiger partial charge on any atom is 0.363 e. The van der Waals surface area contributed by atoms with Gasteiger partial charge in [-0.1, -0.05) is 38.1 Å². The van der Waals surface area contributed by atoms with Crippen molar-refractivity contribution in [3.8, 4) is 0 Å². The van der Waals surface area contributed by atoms with Gasteiger partial charge in [0.05, 0.1) is 0 Å². The molecule has 0 N–H and O–H groups in total. The highest BCUT2D eigenvalue weighted by molar-refractivity contribution is 14.1. The van der Waals surface area contributed by atoms with Crippen LogP contribution in [0.15, 0.2) is 59.2 Å². The van der Waals surface area contributed by atoms with Gasteiger partial charge in [-0.2, -0.15) is 0 Å². The number of ether oxygens (including phenoxy) is 1. The first-order chi connectivity index (χ1) is 11.0. The fourth-order valence-electron chi connectivity index (χ4n) is 2.26. The fourth-order valence-corrected chi connectivity index (χ4v) is 2.62. The molecule has 0 saturated heterocycles. The number of esters is 1. The first kappa shape index (κ1) is 15.9. The molecule has 0 aromatic heterocycles. The van der Waals surface area contributed by atoms with E-state index in [1.807, 2.05) is 36.4 Å². The number of halogens is 1. The molecule has 0 spiro atoms. The standard InChI is InChI=1S/C19H16INO2/c1-12(2)14-5-3-13(4-6-14)11-17-19(22)23-18(21-17)15-7-9-16(20)10-8-15/h3-12H,1-2H3/b17-11+. The molecule has 0 radical (unpaired) electrons. The third-order valence-corrected chi connectivity index (χ3v) is 4.34. The van der Waals surface area contributed by atoms with Crippen LogP contribution < -0.4 is 0 Å². The van der Waals surface area contributed by atoms with Crippen LogP contribution in [0, 0.1) is 3.57 Å². The van der Waals surface area contributed by atoms with Gasteiger partial charge in [-0.15, -0.1) is 0 Å². The number of hydrogen-bond acceptors (Lipinski definition) is 3. The summed E-state index contributed by atoms with van der Waals surface area (Å²) in [6, 6.07) is 15.8. The van der Waals surface area contributed by atoms with Gasteiger partial charge in [-0.3, -0.25) is 0 Å². The van der Waals surface area contributed by atoms with Gasteiger partial charge >= 0.3 is 5.97 Å². The first-order valence-electron chi connectivity index (χ1n) is 7.41. The minimum atomic E-state index is -0.411. The molecule has 0 bridgehead atoms.